The van der Waals surface area contributed by atoms with Crippen LogP contribution in [0.5, 0.6) is 0 Å². The Morgan fingerprint density at radius 1 is 0.952 bits per heavy atom. The molecule has 0 atom stereocenters. The zero-order valence-electron chi connectivity index (χ0n) is 12.6. The molecule has 0 N–H and O–H groups in total. The highest BCUT2D eigenvalue weighted by Gasteiger charge is 2.19. The first-order valence-electron chi connectivity index (χ1n) is 7.29. The second-order valence-electron chi connectivity index (χ2n) is 5.70. The average Bonchev–Trinajstić information content (AvgIpc) is 2.90. The van der Waals surface area contributed by atoms with Crippen molar-refractivity contribution in [2.75, 3.05) is 18.0 Å². The molecule has 1 aliphatic rings. The van der Waals surface area contributed by atoms with Gasteiger partial charge >= 0.3 is 0 Å². The summed E-state index contributed by atoms with van der Waals surface area (Å²) in [6.07, 6.45) is 2.36. The van der Waals surface area contributed by atoms with E-state index in [-0.39, 0.29) is 5.28 Å². The van der Waals surface area contributed by atoms with Crippen molar-refractivity contribution in [2.24, 2.45) is 0 Å². The van der Waals surface area contributed by atoms with Gasteiger partial charge in [0.1, 0.15) is 0 Å². The molecule has 4 nitrogen and oxygen atoms in total. The summed E-state index contributed by atoms with van der Waals surface area (Å²) in [7, 11) is 0. The first-order valence-corrected chi connectivity index (χ1v) is 7.67. The van der Waals surface area contributed by atoms with Gasteiger partial charge in [0.15, 0.2) is 5.82 Å². The summed E-state index contributed by atoms with van der Waals surface area (Å²) in [4.78, 5) is 15.5. The number of nitrogens with zero attached hydrogens (tertiary/aromatic N) is 4. The van der Waals surface area contributed by atoms with Crippen molar-refractivity contribution in [3.8, 4) is 11.4 Å². The Balaban J connectivity index is 2.10. The van der Waals surface area contributed by atoms with Gasteiger partial charge < -0.3 is 4.90 Å². The van der Waals surface area contributed by atoms with Crippen molar-refractivity contribution in [1.29, 1.82) is 0 Å². The van der Waals surface area contributed by atoms with E-state index < -0.39 is 0 Å². The molecule has 21 heavy (non-hydrogen) atoms. The fraction of sp³-hybridized carbons (Fsp3) is 0.438. The third-order valence-electron chi connectivity index (χ3n) is 3.89. The van der Waals surface area contributed by atoms with Gasteiger partial charge in [-0.3, -0.25) is 0 Å². The highest BCUT2D eigenvalue weighted by atomic mass is 35.5. The quantitative estimate of drug-likeness (QED) is 0.848. The molecule has 0 bridgehead atoms. The topological polar surface area (TPSA) is 41.9 Å². The lowest BCUT2D eigenvalue weighted by Crippen LogP contribution is -2.21. The molecule has 2 aromatic rings. The summed E-state index contributed by atoms with van der Waals surface area (Å²) >= 11 is 6.13. The van der Waals surface area contributed by atoms with Crippen LogP contribution in [0, 0.1) is 20.8 Å². The molecule has 3 rings (SSSR count). The van der Waals surface area contributed by atoms with E-state index >= 15 is 0 Å². The second-order valence-corrected chi connectivity index (χ2v) is 6.03. The van der Waals surface area contributed by atoms with Gasteiger partial charge in [0.2, 0.25) is 11.2 Å². The molecule has 110 valence electrons. The van der Waals surface area contributed by atoms with Crippen LogP contribution in [0.15, 0.2) is 12.1 Å². The van der Waals surface area contributed by atoms with Crippen molar-refractivity contribution in [1.82, 2.24) is 15.0 Å². The number of hydrogen-bond acceptors (Lipinski definition) is 4. The molecule has 1 saturated heterocycles. The SMILES string of the molecule is Cc1cc(C)c(-c2nc(Cl)nc(N3CCCC3)n2)c(C)c1. The van der Waals surface area contributed by atoms with Crippen molar-refractivity contribution < 1.29 is 0 Å². The predicted octanol–water partition coefficient (Wildman–Crippen LogP) is 3.72. The zero-order valence-corrected chi connectivity index (χ0v) is 13.4. The minimum atomic E-state index is 0.265. The third-order valence-corrected chi connectivity index (χ3v) is 4.05. The smallest absolute Gasteiger partial charge is 0.230 e. The van der Waals surface area contributed by atoms with Crippen LogP contribution in [0.2, 0.25) is 5.28 Å². The Labute approximate surface area is 130 Å². The maximum Gasteiger partial charge on any atom is 0.230 e. The predicted molar refractivity (Wildman–Crippen MR) is 85.9 cm³/mol. The first-order chi connectivity index (χ1) is 10.0. The lowest BCUT2D eigenvalue weighted by atomic mass is 9.99. The number of rotatable bonds is 2. The lowest BCUT2D eigenvalue weighted by Gasteiger charge is -2.17. The normalized spacial score (nSPS) is 14.8. The van der Waals surface area contributed by atoms with Crippen LogP contribution in [0.4, 0.5) is 5.95 Å². The van der Waals surface area contributed by atoms with Gasteiger partial charge in [0.05, 0.1) is 0 Å². The Kier molecular flexibility index (Phi) is 3.81. The molecule has 0 aliphatic carbocycles. The van der Waals surface area contributed by atoms with Gasteiger partial charge in [-0.2, -0.15) is 15.0 Å². The highest BCUT2D eigenvalue weighted by molar-refractivity contribution is 6.28. The minimum absolute atomic E-state index is 0.265. The minimum Gasteiger partial charge on any atom is -0.341 e. The summed E-state index contributed by atoms with van der Waals surface area (Å²) in [5, 5.41) is 0.265. The van der Waals surface area contributed by atoms with E-state index in [2.05, 4.69) is 52.8 Å². The van der Waals surface area contributed by atoms with Gasteiger partial charge in [0, 0.05) is 18.7 Å². The second kappa shape index (κ2) is 5.60. The van der Waals surface area contributed by atoms with Gasteiger partial charge in [-0.15, -0.1) is 0 Å². The zero-order chi connectivity index (χ0) is 15.0. The van der Waals surface area contributed by atoms with Crippen molar-refractivity contribution in [3.05, 3.63) is 34.1 Å². The molecule has 2 heterocycles. The van der Waals surface area contributed by atoms with Crippen LogP contribution in [0.3, 0.4) is 0 Å². The molecule has 1 aromatic heterocycles. The number of halogens is 1. The molecular formula is C16H19ClN4. The van der Waals surface area contributed by atoms with Crippen LogP contribution < -0.4 is 4.90 Å². The van der Waals surface area contributed by atoms with Crippen LogP contribution in [-0.4, -0.2) is 28.0 Å². The molecule has 5 heteroatoms. The monoisotopic (exact) mass is 302 g/mol. The Morgan fingerprint density at radius 2 is 1.57 bits per heavy atom. The van der Waals surface area contributed by atoms with E-state index in [9.17, 15) is 0 Å². The van der Waals surface area contributed by atoms with Crippen molar-refractivity contribution in [2.45, 2.75) is 33.6 Å². The van der Waals surface area contributed by atoms with E-state index in [1.165, 1.54) is 29.5 Å². The summed E-state index contributed by atoms with van der Waals surface area (Å²) in [5.41, 5.74) is 4.64. The fourth-order valence-electron chi connectivity index (χ4n) is 3.04. The molecule has 0 radical (unpaired) electrons. The third kappa shape index (κ3) is 2.86. The first kappa shape index (κ1) is 14.3. The Hall–Kier alpha value is -1.68. The molecule has 0 saturated carbocycles. The standard InChI is InChI=1S/C16H19ClN4/c1-10-8-11(2)13(12(3)9-10)14-18-15(17)20-16(19-14)21-6-4-5-7-21/h8-9H,4-7H2,1-3H3. The molecule has 0 amide bonds. The molecule has 1 fully saturated rings. The number of benzene rings is 1. The van der Waals surface area contributed by atoms with Crippen LogP contribution in [0.1, 0.15) is 29.5 Å². The molecular weight excluding hydrogens is 284 g/mol. The van der Waals surface area contributed by atoms with Crippen molar-refractivity contribution in [3.63, 3.8) is 0 Å². The maximum atomic E-state index is 6.13. The summed E-state index contributed by atoms with van der Waals surface area (Å²) in [5.74, 6) is 1.37. The van der Waals surface area contributed by atoms with E-state index in [1.807, 2.05) is 0 Å². The van der Waals surface area contributed by atoms with Crippen LogP contribution >= 0.6 is 11.6 Å². The molecule has 1 aromatic carbocycles. The molecule has 0 unspecified atom stereocenters. The molecule has 1 aliphatic heterocycles. The van der Waals surface area contributed by atoms with Gasteiger partial charge in [-0.25, -0.2) is 0 Å². The van der Waals surface area contributed by atoms with Crippen LogP contribution in [0.25, 0.3) is 11.4 Å². The van der Waals surface area contributed by atoms with E-state index in [1.54, 1.807) is 0 Å². The van der Waals surface area contributed by atoms with Crippen molar-refractivity contribution >= 4 is 17.5 Å². The van der Waals surface area contributed by atoms with E-state index in [0.29, 0.717) is 11.8 Å². The maximum absolute atomic E-state index is 6.13. The van der Waals surface area contributed by atoms with Gasteiger partial charge in [0.25, 0.3) is 0 Å². The highest BCUT2D eigenvalue weighted by Crippen LogP contribution is 2.28. The number of aromatic nitrogens is 3. The lowest BCUT2D eigenvalue weighted by molar-refractivity contribution is 0.882. The van der Waals surface area contributed by atoms with E-state index in [0.717, 1.165) is 18.7 Å². The Bertz CT molecular complexity index is 655. The van der Waals surface area contributed by atoms with Gasteiger partial charge in [-0.1, -0.05) is 17.7 Å². The average molecular weight is 303 g/mol. The summed E-state index contributed by atoms with van der Waals surface area (Å²) < 4.78 is 0. The largest absolute Gasteiger partial charge is 0.341 e. The fourth-order valence-corrected chi connectivity index (χ4v) is 3.20. The summed E-state index contributed by atoms with van der Waals surface area (Å²) in [6, 6.07) is 4.30. The van der Waals surface area contributed by atoms with E-state index in [4.69, 9.17) is 11.6 Å². The van der Waals surface area contributed by atoms with Gasteiger partial charge in [-0.05, 0) is 56.3 Å². The number of aryl methyl sites for hydroxylation is 3. The Morgan fingerprint density at radius 3 is 2.19 bits per heavy atom. The molecule has 0 spiro atoms. The van der Waals surface area contributed by atoms with Crippen LogP contribution in [-0.2, 0) is 0 Å². The summed E-state index contributed by atoms with van der Waals surface area (Å²) in [6.45, 7) is 8.25. The number of anilines is 1. The number of hydrogen-bond donors (Lipinski definition) is 0.